The van der Waals surface area contributed by atoms with Gasteiger partial charge >= 0.3 is 5.97 Å². The number of thiazole rings is 1. The fourth-order valence-corrected chi connectivity index (χ4v) is 5.92. The van der Waals surface area contributed by atoms with Crippen LogP contribution in [0.3, 0.4) is 0 Å². The van der Waals surface area contributed by atoms with Gasteiger partial charge in [-0.05, 0) is 57.7 Å². The van der Waals surface area contributed by atoms with E-state index in [1.165, 1.54) is 11.3 Å². The van der Waals surface area contributed by atoms with Gasteiger partial charge in [-0.3, -0.25) is 14.7 Å². The number of nitrogens with zero attached hydrogens (tertiary/aromatic N) is 5. The molecule has 2 aliphatic rings. The van der Waals surface area contributed by atoms with Crippen molar-refractivity contribution in [3.63, 3.8) is 0 Å². The zero-order valence-electron chi connectivity index (χ0n) is 21.6. The number of carboxylic acids is 1. The van der Waals surface area contributed by atoms with E-state index in [0.29, 0.717) is 75.6 Å². The Kier molecular flexibility index (Phi) is 6.22. The Hall–Kier alpha value is -4.43. The first-order valence-electron chi connectivity index (χ1n) is 12.7. The van der Waals surface area contributed by atoms with Crippen molar-refractivity contribution in [1.29, 1.82) is 0 Å². The zero-order chi connectivity index (χ0) is 28.1. The van der Waals surface area contributed by atoms with Crippen LogP contribution in [0.5, 0.6) is 5.75 Å². The van der Waals surface area contributed by atoms with Crippen LogP contribution in [0.15, 0.2) is 36.8 Å². The Morgan fingerprint density at radius 3 is 2.73 bits per heavy atom. The van der Waals surface area contributed by atoms with Gasteiger partial charge in [-0.1, -0.05) is 5.21 Å². The molecule has 0 unspecified atom stereocenters. The molecule has 5 N–H and O–H groups in total. The van der Waals surface area contributed by atoms with Crippen LogP contribution in [-0.2, 0) is 15.2 Å². The number of hydrogen-bond acceptors (Lipinski definition) is 11. The van der Waals surface area contributed by atoms with E-state index < -0.39 is 23.1 Å². The van der Waals surface area contributed by atoms with Gasteiger partial charge in [0.25, 0.3) is 5.91 Å². The Labute approximate surface area is 232 Å². The molecule has 6 rings (SSSR count). The number of anilines is 3. The maximum Gasteiger partial charge on any atom is 0.306 e. The number of aliphatic hydroxyl groups is 1. The van der Waals surface area contributed by atoms with Gasteiger partial charge in [0.1, 0.15) is 16.3 Å². The van der Waals surface area contributed by atoms with Gasteiger partial charge in [0, 0.05) is 23.6 Å². The van der Waals surface area contributed by atoms with Gasteiger partial charge in [-0.2, -0.15) is 0 Å². The van der Waals surface area contributed by atoms with Crippen molar-refractivity contribution in [1.82, 2.24) is 30.4 Å². The van der Waals surface area contributed by atoms with Gasteiger partial charge in [0.2, 0.25) is 5.95 Å². The van der Waals surface area contributed by atoms with Crippen molar-refractivity contribution >= 4 is 40.5 Å². The highest BCUT2D eigenvalue weighted by Gasteiger charge is 2.40. The highest BCUT2D eigenvalue weighted by atomic mass is 32.1. The van der Waals surface area contributed by atoms with Crippen LogP contribution in [0, 0.1) is 5.92 Å². The Morgan fingerprint density at radius 2 is 2.00 bits per heavy atom. The summed E-state index contributed by atoms with van der Waals surface area (Å²) in [6, 6.07) is 5.30. The standard InChI is InChI=1S/C26H26N8O5S/c1-25(2)22(37)31-17-10-14(30-24-27-8-5-16(32-24)18-11-29-34-33-18)9-15(20(17)39-25)19-12-28-23(40-19)26(38)6-3-13(4-7-26)21(35)36/h5,8-13,38H,3-4,6-7H2,1-2H3,(H,31,37)(H,35,36)(H,27,30,32)(H,29,33,34)/t13-,26+. The Balaban J connectivity index is 1.36. The van der Waals surface area contributed by atoms with Crippen molar-refractivity contribution in [2.75, 3.05) is 10.6 Å². The van der Waals surface area contributed by atoms with E-state index in [2.05, 4.69) is 41.0 Å². The molecular weight excluding hydrogens is 536 g/mol. The first-order valence-corrected chi connectivity index (χ1v) is 13.5. The number of aliphatic carboxylic acids is 1. The number of fused-ring (bicyclic) bond motifs is 1. The number of H-pyrrole nitrogens is 1. The number of hydrogen-bond donors (Lipinski definition) is 5. The normalized spacial score (nSPS) is 21.7. The number of aromatic amines is 1. The van der Waals surface area contributed by atoms with E-state index in [4.69, 9.17) is 4.74 Å². The molecule has 0 radical (unpaired) electrons. The van der Waals surface area contributed by atoms with Crippen molar-refractivity contribution in [2.24, 2.45) is 5.92 Å². The summed E-state index contributed by atoms with van der Waals surface area (Å²) in [6.45, 7) is 3.37. The SMILES string of the molecule is CC1(C)Oc2c(cc(Nc3nccc(-c4c[nH]nn4)n3)cc2-c2cnc([C@]3(O)CC[C@@H](C(=O)O)CC3)s2)NC1=O. The zero-order valence-corrected chi connectivity index (χ0v) is 22.4. The number of rotatable bonds is 6. The number of carbonyl (C=O) groups is 2. The van der Waals surface area contributed by atoms with Crippen LogP contribution >= 0.6 is 11.3 Å². The molecule has 0 spiro atoms. The predicted octanol–water partition coefficient (Wildman–Crippen LogP) is 3.70. The molecule has 1 fully saturated rings. The van der Waals surface area contributed by atoms with Crippen molar-refractivity contribution in [3.05, 3.63) is 41.8 Å². The lowest BCUT2D eigenvalue weighted by molar-refractivity contribution is -0.145. The molecule has 1 amide bonds. The minimum atomic E-state index is -1.20. The van der Waals surface area contributed by atoms with Crippen molar-refractivity contribution in [3.8, 4) is 27.6 Å². The van der Waals surface area contributed by atoms with E-state index in [1.54, 1.807) is 44.6 Å². The van der Waals surface area contributed by atoms with Crippen LogP contribution in [0.25, 0.3) is 21.8 Å². The predicted molar refractivity (Wildman–Crippen MR) is 145 cm³/mol. The molecule has 1 aliphatic carbocycles. The summed E-state index contributed by atoms with van der Waals surface area (Å²) in [7, 11) is 0. The average Bonchev–Trinajstić information content (AvgIpc) is 3.63. The van der Waals surface area contributed by atoms with Gasteiger partial charge in [-0.25, -0.2) is 15.0 Å². The van der Waals surface area contributed by atoms with E-state index >= 15 is 0 Å². The minimum Gasteiger partial charge on any atom is -0.481 e. The highest BCUT2D eigenvalue weighted by molar-refractivity contribution is 7.15. The monoisotopic (exact) mass is 562 g/mol. The lowest BCUT2D eigenvalue weighted by Crippen LogP contribution is -2.45. The third-order valence-corrected chi connectivity index (χ3v) is 8.39. The lowest BCUT2D eigenvalue weighted by atomic mass is 9.79. The topological polar surface area (TPSA) is 188 Å². The molecular formula is C26H26N8O5S. The number of carbonyl (C=O) groups excluding carboxylic acids is 1. The van der Waals surface area contributed by atoms with Crippen LogP contribution in [0.1, 0.15) is 44.5 Å². The molecule has 206 valence electrons. The number of amides is 1. The molecule has 40 heavy (non-hydrogen) atoms. The highest BCUT2D eigenvalue weighted by Crippen LogP contribution is 2.48. The maximum atomic E-state index is 12.7. The summed E-state index contributed by atoms with van der Waals surface area (Å²) in [5.41, 5.74) is 0.541. The average molecular weight is 563 g/mol. The molecule has 4 aromatic rings. The van der Waals surface area contributed by atoms with Crippen molar-refractivity contribution in [2.45, 2.75) is 50.7 Å². The summed E-state index contributed by atoms with van der Waals surface area (Å²) in [4.78, 5) is 38.2. The second-order valence-corrected chi connectivity index (χ2v) is 11.4. The molecule has 1 aliphatic heterocycles. The number of ether oxygens (including phenoxy) is 1. The first kappa shape index (κ1) is 25.8. The quantitative estimate of drug-likeness (QED) is 0.230. The number of nitrogens with one attached hydrogen (secondary N) is 3. The summed E-state index contributed by atoms with van der Waals surface area (Å²) >= 11 is 1.31. The number of aromatic nitrogens is 6. The Bertz CT molecular complexity index is 1590. The molecule has 14 heteroatoms. The fraction of sp³-hybridized carbons (Fsp3) is 0.346. The lowest BCUT2D eigenvalue weighted by Gasteiger charge is -2.33. The fourth-order valence-electron chi connectivity index (χ4n) is 4.85. The van der Waals surface area contributed by atoms with E-state index in [-0.39, 0.29) is 5.91 Å². The van der Waals surface area contributed by atoms with Crippen LogP contribution in [-0.4, -0.2) is 58.1 Å². The second-order valence-electron chi connectivity index (χ2n) is 10.4. The summed E-state index contributed by atoms with van der Waals surface area (Å²) in [5, 5.41) is 37.7. The van der Waals surface area contributed by atoms with Crippen molar-refractivity contribution < 1.29 is 24.5 Å². The molecule has 1 aromatic carbocycles. The van der Waals surface area contributed by atoms with E-state index in [0.717, 1.165) is 0 Å². The summed E-state index contributed by atoms with van der Waals surface area (Å²) < 4.78 is 6.17. The Morgan fingerprint density at radius 1 is 1.20 bits per heavy atom. The number of benzene rings is 1. The largest absolute Gasteiger partial charge is 0.481 e. The minimum absolute atomic E-state index is 0.290. The molecule has 4 heterocycles. The second kappa shape index (κ2) is 9.64. The molecule has 0 saturated heterocycles. The molecule has 0 atom stereocenters. The van der Waals surface area contributed by atoms with Crippen LogP contribution < -0.4 is 15.4 Å². The van der Waals surface area contributed by atoms with Gasteiger partial charge in [0.05, 0.1) is 28.4 Å². The smallest absolute Gasteiger partial charge is 0.306 e. The number of carboxylic acid groups (broad SMARTS) is 1. The maximum absolute atomic E-state index is 12.7. The van der Waals surface area contributed by atoms with E-state index in [9.17, 15) is 19.8 Å². The third kappa shape index (κ3) is 4.75. The molecule has 13 nitrogen and oxygen atoms in total. The van der Waals surface area contributed by atoms with Gasteiger partial charge in [0.15, 0.2) is 11.4 Å². The molecule has 1 saturated carbocycles. The van der Waals surface area contributed by atoms with E-state index in [1.807, 2.05) is 6.07 Å². The van der Waals surface area contributed by atoms with Crippen LogP contribution in [0.4, 0.5) is 17.3 Å². The van der Waals surface area contributed by atoms with Crippen LogP contribution in [0.2, 0.25) is 0 Å². The van der Waals surface area contributed by atoms with Gasteiger partial charge in [-0.15, -0.1) is 16.4 Å². The summed E-state index contributed by atoms with van der Waals surface area (Å²) in [6.07, 6.45) is 6.28. The molecule has 3 aromatic heterocycles. The van der Waals surface area contributed by atoms with Gasteiger partial charge < -0.3 is 25.6 Å². The first-order chi connectivity index (χ1) is 19.1. The molecule has 0 bridgehead atoms. The summed E-state index contributed by atoms with van der Waals surface area (Å²) in [5.74, 6) is -0.802. The third-order valence-electron chi connectivity index (χ3n) is 7.16.